The maximum atomic E-state index is 6.80. The van der Waals surface area contributed by atoms with Crippen LogP contribution in [0.5, 0.6) is 0 Å². The molecule has 1 heterocycles. The molecule has 0 aliphatic rings. The molecule has 0 radical (unpaired) electrons. The summed E-state index contributed by atoms with van der Waals surface area (Å²) in [7, 11) is 0. The Morgan fingerprint density at radius 3 is 1.73 bits per heavy atom. The SMILES string of the molecule is c1ccc(-c2ccc(-c3cccc4ccccc34)cc2N(c2ccc(-c3ccc4c(ccc5ccccc54)c3)cc2)c2cccc3oc4c5ccccc5ccc4c23)cc1. The molecule has 11 aromatic carbocycles. The Balaban J connectivity index is 1.10. The van der Waals surface area contributed by atoms with E-state index in [1.807, 2.05) is 0 Å². The van der Waals surface area contributed by atoms with E-state index >= 15 is 0 Å². The summed E-state index contributed by atoms with van der Waals surface area (Å²) in [5.74, 6) is 0. The predicted molar refractivity (Wildman–Crippen MR) is 255 cm³/mol. The average Bonchev–Trinajstić information content (AvgIpc) is 3.72. The van der Waals surface area contributed by atoms with E-state index in [0.717, 1.165) is 66.5 Å². The van der Waals surface area contributed by atoms with E-state index in [4.69, 9.17) is 4.42 Å². The van der Waals surface area contributed by atoms with Crippen LogP contribution in [0.25, 0.3) is 98.4 Å². The Labute approximate surface area is 347 Å². The predicted octanol–water partition coefficient (Wildman–Crippen LogP) is 16.7. The summed E-state index contributed by atoms with van der Waals surface area (Å²) in [6, 6.07) is 81.4. The highest BCUT2D eigenvalue weighted by Crippen LogP contribution is 2.48. The van der Waals surface area contributed by atoms with E-state index < -0.39 is 0 Å². The lowest BCUT2D eigenvalue weighted by molar-refractivity contribution is 0.672. The zero-order valence-electron chi connectivity index (χ0n) is 32.7. The van der Waals surface area contributed by atoms with Gasteiger partial charge in [0.1, 0.15) is 11.2 Å². The summed E-state index contributed by atoms with van der Waals surface area (Å²) in [5.41, 5.74) is 12.0. The van der Waals surface area contributed by atoms with Gasteiger partial charge in [-0.1, -0.05) is 182 Å². The minimum absolute atomic E-state index is 0.857. The molecule has 1 aromatic heterocycles. The summed E-state index contributed by atoms with van der Waals surface area (Å²) in [6.07, 6.45) is 0. The number of hydrogen-bond acceptors (Lipinski definition) is 2. The van der Waals surface area contributed by atoms with Crippen molar-refractivity contribution in [1.82, 2.24) is 0 Å². The molecule has 0 atom stereocenters. The highest BCUT2D eigenvalue weighted by Gasteiger charge is 2.24. The van der Waals surface area contributed by atoms with Crippen LogP contribution in [-0.2, 0) is 0 Å². The third kappa shape index (κ3) is 5.57. The fourth-order valence-electron chi connectivity index (χ4n) is 9.35. The molecule has 0 aliphatic heterocycles. The van der Waals surface area contributed by atoms with Gasteiger partial charge in [-0.25, -0.2) is 0 Å². The molecule has 0 saturated heterocycles. The zero-order chi connectivity index (χ0) is 39.6. The molecular weight excluding hydrogens is 727 g/mol. The number of nitrogens with zero attached hydrogens (tertiary/aromatic N) is 1. The third-order valence-corrected chi connectivity index (χ3v) is 12.2. The van der Waals surface area contributed by atoms with Crippen LogP contribution < -0.4 is 4.90 Å². The van der Waals surface area contributed by atoms with Crippen LogP contribution in [0.15, 0.2) is 229 Å². The Kier molecular flexibility index (Phi) is 7.89. The van der Waals surface area contributed by atoms with Gasteiger partial charge >= 0.3 is 0 Å². The quantitative estimate of drug-likeness (QED) is 0.157. The highest BCUT2D eigenvalue weighted by atomic mass is 16.3. The molecule has 12 rings (SSSR count). The van der Waals surface area contributed by atoms with Gasteiger partial charge in [-0.2, -0.15) is 0 Å². The maximum Gasteiger partial charge on any atom is 0.143 e. The Morgan fingerprint density at radius 2 is 0.900 bits per heavy atom. The summed E-state index contributed by atoms with van der Waals surface area (Å²) in [5, 5.41) is 11.9. The Morgan fingerprint density at radius 1 is 0.300 bits per heavy atom. The van der Waals surface area contributed by atoms with Crippen molar-refractivity contribution in [3.63, 3.8) is 0 Å². The van der Waals surface area contributed by atoms with Gasteiger partial charge in [0.15, 0.2) is 0 Å². The molecule has 0 fully saturated rings. The third-order valence-electron chi connectivity index (χ3n) is 12.2. The van der Waals surface area contributed by atoms with Crippen molar-refractivity contribution in [3.05, 3.63) is 224 Å². The fraction of sp³-hybridized carbons (Fsp3) is 0. The van der Waals surface area contributed by atoms with Crippen LogP contribution in [0.1, 0.15) is 0 Å². The van der Waals surface area contributed by atoms with Gasteiger partial charge in [-0.15, -0.1) is 0 Å². The van der Waals surface area contributed by atoms with Crippen molar-refractivity contribution in [3.8, 4) is 33.4 Å². The molecule has 2 nitrogen and oxygen atoms in total. The molecule has 0 amide bonds. The van der Waals surface area contributed by atoms with Crippen molar-refractivity contribution in [1.29, 1.82) is 0 Å². The van der Waals surface area contributed by atoms with Gasteiger partial charge < -0.3 is 9.32 Å². The average molecular weight is 764 g/mol. The van der Waals surface area contributed by atoms with Crippen molar-refractivity contribution >= 4 is 82.1 Å². The van der Waals surface area contributed by atoms with Gasteiger partial charge in [0.05, 0.1) is 16.8 Å². The van der Waals surface area contributed by atoms with Crippen LogP contribution in [-0.4, -0.2) is 0 Å². The molecular formula is C58H37NO. The van der Waals surface area contributed by atoms with E-state index in [0.29, 0.717) is 0 Å². The second-order valence-corrected chi connectivity index (χ2v) is 15.6. The summed E-state index contributed by atoms with van der Waals surface area (Å²) < 4.78 is 6.80. The molecule has 2 heteroatoms. The van der Waals surface area contributed by atoms with E-state index in [1.54, 1.807) is 0 Å². The monoisotopic (exact) mass is 763 g/mol. The van der Waals surface area contributed by atoms with Crippen LogP contribution >= 0.6 is 0 Å². The van der Waals surface area contributed by atoms with Gasteiger partial charge in [0.25, 0.3) is 0 Å². The summed E-state index contributed by atoms with van der Waals surface area (Å²) in [6.45, 7) is 0. The van der Waals surface area contributed by atoms with Crippen LogP contribution in [0.4, 0.5) is 17.1 Å². The minimum Gasteiger partial charge on any atom is -0.455 e. The lowest BCUT2D eigenvalue weighted by Crippen LogP contribution is -2.12. The first-order chi connectivity index (χ1) is 29.7. The van der Waals surface area contributed by atoms with E-state index in [1.165, 1.54) is 49.0 Å². The van der Waals surface area contributed by atoms with Gasteiger partial charge in [0.2, 0.25) is 0 Å². The highest BCUT2D eigenvalue weighted by molar-refractivity contribution is 6.20. The topological polar surface area (TPSA) is 16.4 Å². The fourth-order valence-corrected chi connectivity index (χ4v) is 9.35. The lowest BCUT2D eigenvalue weighted by Gasteiger charge is -2.29. The van der Waals surface area contributed by atoms with Crippen LogP contribution in [0.3, 0.4) is 0 Å². The first-order valence-electron chi connectivity index (χ1n) is 20.6. The number of rotatable bonds is 6. The molecule has 0 saturated carbocycles. The minimum atomic E-state index is 0.857. The van der Waals surface area contributed by atoms with Gasteiger partial charge in [-0.05, 0) is 108 Å². The number of fused-ring (bicyclic) bond motifs is 9. The van der Waals surface area contributed by atoms with Crippen molar-refractivity contribution in [2.24, 2.45) is 0 Å². The van der Waals surface area contributed by atoms with Crippen molar-refractivity contribution < 1.29 is 4.42 Å². The Hall–Kier alpha value is -7.94. The molecule has 280 valence electrons. The molecule has 0 N–H and O–H groups in total. The van der Waals surface area contributed by atoms with E-state index in [-0.39, 0.29) is 0 Å². The van der Waals surface area contributed by atoms with Crippen LogP contribution in [0, 0.1) is 0 Å². The first kappa shape index (κ1) is 34.1. The molecule has 12 aromatic rings. The maximum absolute atomic E-state index is 6.80. The largest absolute Gasteiger partial charge is 0.455 e. The number of hydrogen-bond donors (Lipinski definition) is 0. The summed E-state index contributed by atoms with van der Waals surface area (Å²) >= 11 is 0. The number of anilines is 3. The smallest absolute Gasteiger partial charge is 0.143 e. The second kappa shape index (κ2) is 13.9. The molecule has 0 spiro atoms. The van der Waals surface area contributed by atoms with Gasteiger partial charge in [-0.3, -0.25) is 0 Å². The Bertz CT molecular complexity index is 3590. The standard InChI is InChI=1S/C58H37NO/c1-2-12-40(13-3-1)51-34-30-45(49-21-10-17-39-14-4-7-18-47(39)49)37-55(51)59(54-22-11-23-56-57(54)53-35-28-42-16-6-9-20-52(42)58(53)60-56)46-31-26-38(27-32-46)43-29-33-50-44(36-43)25-24-41-15-5-8-19-48(41)50/h1-37H. The lowest BCUT2D eigenvalue weighted by atomic mass is 9.93. The summed E-state index contributed by atoms with van der Waals surface area (Å²) in [4.78, 5) is 2.44. The first-order valence-corrected chi connectivity index (χ1v) is 20.6. The molecule has 0 aliphatic carbocycles. The van der Waals surface area contributed by atoms with E-state index in [2.05, 4.69) is 229 Å². The van der Waals surface area contributed by atoms with Crippen molar-refractivity contribution in [2.75, 3.05) is 4.90 Å². The number of benzene rings is 11. The number of furan rings is 1. The molecule has 0 unspecified atom stereocenters. The normalized spacial score (nSPS) is 11.7. The molecule has 60 heavy (non-hydrogen) atoms. The zero-order valence-corrected chi connectivity index (χ0v) is 32.7. The second-order valence-electron chi connectivity index (χ2n) is 15.6. The molecule has 0 bridgehead atoms. The van der Waals surface area contributed by atoms with Gasteiger partial charge in [0, 0.05) is 22.0 Å². The van der Waals surface area contributed by atoms with Crippen molar-refractivity contribution in [2.45, 2.75) is 0 Å². The van der Waals surface area contributed by atoms with Crippen LogP contribution in [0.2, 0.25) is 0 Å². The van der Waals surface area contributed by atoms with E-state index in [9.17, 15) is 0 Å².